The summed E-state index contributed by atoms with van der Waals surface area (Å²) >= 11 is 0. The molecule has 1 rings (SSSR count). The molecule has 0 saturated heterocycles. The van der Waals surface area contributed by atoms with Crippen molar-refractivity contribution in [2.75, 3.05) is 6.54 Å². The van der Waals surface area contributed by atoms with Crippen molar-refractivity contribution in [3.63, 3.8) is 0 Å². The number of carbonyl (C=O) groups is 2. The Morgan fingerprint density at radius 3 is 2.31 bits per heavy atom. The van der Waals surface area contributed by atoms with Crippen molar-refractivity contribution in [3.05, 3.63) is 41.5 Å². The van der Waals surface area contributed by atoms with E-state index in [0.29, 0.717) is 10.6 Å². The molecule has 0 aliphatic heterocycles. The fourth-order valence-electron chi connectivity index (χ4n) is 2.63. The topological polar surface area (TPSA) is 77.8 Å². The van der Waals surface area contributed by atoms with Crippen LogP contribution in [0.3, 0.4) is 0 Å². The maximum absolute atomic E-state index is 12.0. The van der Waals surface area contributed by atoms with Crippen LogP contribution in [0.25, 0.3) is 6.08 Å². The minimum Gasteiger partial charge on any atom is -0.481 e. The zero-order valence-corrected chi connectivity index (χ0v) is 15.7. The first kappa shape index (κ1) is 21.9. The van der Waals surface area contributed by atoms with Crippen molar-refractivity contribution in [1.82, 2.24) is 5.06 Å². The predicted molar refractivity (Wildman–Crippen MR) is 103 cm³/mol. The van der Waals surface area contributed by atoms with Gasteiger partial charge in [0, 0.05) is 18.5 Å². The Morgan fingerprint density at radius 1 is 1.00 bits per heavy atom. The summed E-state index contributed by atoms with van der Waals surface area (Å²) in [7, 11) is 0. The van der Waals surface area contributed by atoms with Crippen LogP contribution in [-0.2, 0) is 4.79 Å². The third-order valence-corrected chi connectivity index (χ3v) is 4.19. The second kappa shape index (κ2) is 13.1. The average molecular weight is 361 g/mol. The molecule has 1 aromatic carbocycles. The minimum atomic E-state index is -0.942. The summed E-state index contributed by atoms with van der Waals surface area (Å²) in [5.74, 6) is -1.46. The number of carboxylic acids is 1. The van der Waals surface area contributed by atoms with Gasteiger partial charge in [0.05, 0.1) is 0 Å². The molecule has 2 N–H and O–H groups in total. The Morgan fingerprint density at radius 2 is 1.65 bits per heavy atom. The highest BCUT2D eigenvalue weighted by molar-refractivity contribution is 5.93. The molecule has 144 valence electrons. The number of allylic oxidation sites excluding steroid dienone is 1. The summed E-state index contributed by atoms with van der Waals surface area (Å²) in [5, 5.41) is 18.9. The van der Waals surface area contributed by atoms with Crippen LogP contribution in [-0.4, -0.2) is 33.8 Å². The van der Waals surface area contributed by atoms with Gasteiger partial charge in [-0.25, -0.2) is 5.06 Å². The van der Waals surface area contributed by atoms with E-state index in [9.17, 15) is 14.8 Å². The van der Waals surface area contributed by atoms with Crippen molar-refractivity contribution in [2.45, 2.75) is 64.7 Å². The van der Waals surface area contributed by atoms with Crippen molar-refractivity contribution in [2.24, 2.45) is 0 Å². The molecule has 0 radical (unpaired) electrons. The van der Waals surface area contributed by atoms with Gasteiger partial charge in [0.1, 0.15) is 0 Å². The molecule has 0 unspecified atom stereocenters. The van der Waals surface area contributed by atoms with Crippen LogP contribution in [0, 0.1) is 0 Å². The fourth-order valence-corrected chi connectivity index (χ4v) is 2.63. The summed E-state index contributed by atoms with van der Waals surface area (Å²) < 4.78 is 0. The van der Waals surface area contributed by atoms with Crippen molar-refractivity contribution < 1.29 is 19.9 Å². The highest BCUT2D eigenvalue weighted by atomic mass is 16.5. The molecule has 1 aromatic rings. The van der Waals surface area contributed by atoms with E-state index in [-0.39, 0.29) is 19.4 Å². The molecule has 26 heavy (non-hydrogen) atoms. The molecule has 0 aromatic heterocycles. The Bertz CT molecular complexity index is 566. The van der Waals surface area contributed by atoms with Gasteiger partial charge in [-0.1, -0.05) is 63.3 Å². The van der Waals surface area contributed by atoms with E-state index in [1.54, 1.807) is 12.1 Å². The maximum Gasteiger partial charge on any atom is 0.303 e. The second-order valence-electron chi connectivity index (χ2n) is 6.51. The van der Waals surface area contributed by atoms with Crippen LogP contribution in [0.2, 0.25) is 0 Å². The molecule has 0 aliphatic rings. The number of hydroxylamine groups is 2. The summed E-state index contributed by atoms with van der Waals surface area (Å²) in [6.07, 6.45) is 13.1. The highest BCUT2D eigenvalue weighted by Crippen LogP contribution is 2.11. The number of rotatable bonds is 13. The van der Waals surface area contributed by atoms with E-state index in [2.05, 4.69) is 13.0 Å². The zero-order valence-electron chi connectivity index (χ0n) is 15.7. The summed E-state index contributed by atoms with van der Waals surface area (Å²) in [4.78, 5) is 22.5. The van der Waals surface area contributed by atoms with Gasteiger partial charge < -0.3 is 5.11 Å². The molecule has 0 aliphatic carbocycles. The van der Waals surface area contributed by atoms with Crippen LogP contribution in [0.4, 0.5) is 0 Å². The smallest absolute Gasteiger partial charge is 0.303 e. The highest BCUT2D eigenvalue weighted by Gasteiger charge is 2.13. The Kier molecular flexibility index (Phi) is 11.0. The van der Waals surface area contributed by atoms with Crippen LogP contribution in [0.15, 0.2) is 30.3 Å². The molecule has 5 nitrogen and oxygen atoms in total. The van der Waals surface area contributed by atoms with Gasteiger partial charge in [-0.05, 0) is 37.0 Å². The quantitative estimate of drug-likeness (QED) is 0.289. The largest absolute Gasteiger partial charge is 0.481 e. The molecule has 5 heteroatoms. The van der Waals surface area contributed by atoms with E-state index >= 15 is 0 Å². The lowest BCUT2D eigenvalue weighted by Gasteiger charge is -2.14. The molecule has 0 saturated carbocycles. The van der Waals surface area contributed by atoms with Gasteiger partial charge >= 0.3 is 5.97 Å². The number of amides is 1. The van der Waals surface area contributed by atoms with Crippen molar-refractivity contribution >= 4 is 18.0 Å². The van der Waals surface area contributed by atoms with Gasteiger partial charge in [0.15, 0.2) is 0 Å². The number of carboxylic acid groups (broad SMARTS) is 1. The first-order chi connectivity index (χ1) is 12.5. The molecule has 0 fully saturated rings. The number of nitrogens with zero attached hydrogens (tertiary/aromatic N) is 1. The fraction of sp³-hybridized carbons (Fsp3) is 0.524. The number of hydrogen-bond donors (Lipinski definition) is 2. The van der Waals surface area contributed by atoms with Gasteiger partial charge in [-0.2, -0.15) is 0 Å². The summed E-state index contributed by atoms with van der Waals surface area (Å²) in [6.45, 7) is 2.23. The third kappa shape index (κ3) is 9.37. The summed E-state index contributed by atoms with van der Waals surface area (Å²) in [6, 6.07) is 7.03. The molecule has 0 spiro atoms. The van der Waals surface area contributed by atoms with Crippen molar-refractivity contribution in [3.8, 4) is 0 Å². The number of aliphatic carboxylic acids is 1. The first-order valence-corrected chi connectivity index (χ1v) is 9.53. The van der Waals surface area contributed by atoms with Crippen LogP contribution < -0.4 is 0 Å². The lowest BCUT2D eigenvalue weighted by molar-refractivity contribution is -0.137. The standard InChI is InChI=1S/C21H31NO4/c1-2-3-4-5-6-7-8-9-11-18-13-15-19(16-14-18)21(25)22(26)17-10-12-20(23)24/h9,11,13-16,26H,2-8,10,12,17H2,1H3,(H,23,24)/b11-9+. The minimum absolute atomic E-state index is 0.00500. The zero-order chi connectivity index (χ0) is 19.2. The average Bonchev–Trinajstić information content (AvgIpc) is 2.63. The normalized spacial score (nSPS) is 11.0. The number of carbonyl (C=O) groups excluding carboxylic acids is 1. The number of unbranched alkanes of at least 4 members (excludes halogenated alkanes) is 6. The number of hydrogen-bond acceptors (Lipinski definition) is 3. The van der Waals surface area contributed by atoms with Crippen LogP contribution >= 0.6 is 0 Å². The van der Waals surface area contributed by atoms with Gasteiger partial charge in [0.25, 0.3) is 5.91 Å². The van der Waals surface area contributed by atoms with E-state index in [0.717, 1.165) is 12.0 Å². The monoisotopic (exact) mass is 361 g/mol. The van der Waals surface area contributed by atoms with Gasteiger partial charge in [-0.3, -0.25) is 14.8 Å². The second-order valence-corrected chi connectivity index (χ2v) is 6.51. The first-order valence-electron chi connectivity index (χ1n) is 9.53. The van der Waals surface area contributed by atoms with E-state index < -0.39 is 11.9 Å². The predicted octanol–water partition coefficient (Wildman–Crippen LogP) is 5.15. The third-order valence-electron chi connectivity index (χ3n) is 4.19. The van der Waals surface area contributed by atoms with E-state index in [4.69, 9.17) is 5.11 Å². The molecular weight excluding hydrogens is 330 g/mol. The molecule has 0 atom stereocenters. The number of benzene rings is 1. The molecular formula is C21H31NO4. The van der Waals surface area contributed by atoms with Gasteiger partial charge in [-0.15, -0.1) is 0 Å². The summed E-state index contributed by atoms with van der Waals surface area (Å²) in [5.41, 5.74) is 1.40. The van der Waals surface area contributed by atoms with Crippen molar-refractivity contribution in [1.29, 1.82) is 0 Å². The Hall–Kier alpha value is -2.14. The maximum atomic E-state index is 12.0. The SMILES string of the molecule is CCCCCCCC/C=C/c1ccc(C(=O)N(O)CCCC(=O)O)cc1. The molecule has 0 bridgehead atoms. The van der Waals surface area contributed by atoms with Crippen LogP contribution in [0.1, 0.15) is 80.6 Å². The van der Waals surface area contributed by atoms with E-state index in [1.807, 2.05) is 18.2 Å². The lowest BCUT2D eigenvalue weighted by atomic mass is 10.1. The van der Waals surface area contributed by atoms with Crippen LogP contribution in [0.5, 0.6) is 0 Å². The van der Waals surface area contributed by atoms with E-state index in [1.165, 1.54) is 38.5 Å². The molecule has 0 heterocycles. The molecule has 1 amide bonds. The lowest BCUT2D eigenvalue weighted by Crippen LogP contribution is -2.28. The Balaban J connectivity index is 2.34. The Labute approximate surface area is 156 Å². The van der Waals surface area contributed by atoms with Gasteiger partial charge in [0.2, 0.25) is 0 Å².